The number of benzene rings is 2. The molecule has 192 valence electrons. The van der Waals surface area contributed by atoms with Gasteiger partial charge in [0.2, 0.25) is 0 Å². The molecule has 1 unspecified atom stereocenters. The molecule has 3 atom stereocenters. The Morgan fingerprint density at radius 2 is 1.91 bits per heavy atom. The van der Waals surface area contributed by atoms with Gasteiger partial charge in [-0.2, -0.15) is 0 Å². The monoisotopic (exact) mass is 502 g/mol. The minimum absolute atomic E-state index is 0.00305. The number of likely N-dealkylation sites (tertiary alicyclic amines) is 1. The predicted octanol–water partition coefficient (Wildman–Crippen LogP) is 4.11. The molecule has 2 fully saturated rings. The van der Waals surface area contributed by atoms with Crippen LogP contribution in [0.3, 0.4) is 0 Å². The Kier molecular flexibility index (Phi) is 7.57. The van der Waals surface area contributed by atoms with Crippen LogP contribution in [0.15, 0.2) is 36.4 Å². The summed E-state index contributed by atoms with van der Waals surface area (Å²) in [5, 5.41) is 8.22. The van der Waals surface area contributed by atoms with Crippen LogP contribution < -0.4 is 9.88 Å². The van der Waals surface area contributed by atoms with Gasteiger partial charge in [-0.3, -0.25) is 9.93 Å². The quantitative estimate of drug-likeness (QED) is 0.615. The summed E-state index contributed by atoms with van der Waals surface area (Å²) >= 11 is 0. The summed E-state index contributed by atoms with van der Waals surface area (Å²) in [7, 11) is 0.221. The zero-order valence-electron chi connectivity index (χ0n) is 21.4. The van der Waals surface area contributed by atoms with Gasteiger partial charge in [0.1, 0.15) is 5.75 Å². The maximum atomic E-state index is 13.1. The van der Waals surface area contributed by atoms with Crippen LogP contribution >= 0.6 is 0 Å². The van der Waals surface area contributed by atoms with Crippen molar-refractivity contribution >= 4 is 27.7 Å². The van der Waals surface area contributed by atoms with Gasteiger partial charge >= 0.3 is 0 Å². The van der Waals surface area contributed by atoms with Crippen LogP contribution in [0.2, 0.25) is 0 Å². The first-order valence-electron chi connectivity index (χ1n) is 12.3. The number of fused-ring (bicyclic) bond motifs is 1. The molecule has 2 aromatic rings. The van der Waals surface area contributed by atoms with E-state index >= 15 is 0 Å². The molecule has 2 aromatic carbocycles. The van der Waals surface area contributed by atoms with Crippen LogP contribution in [0.1, 0.15) is 58.4 Å². The van der Waals surface area contributed by atoms with Gasteiger partial charge in [0.25, 0.3) is 5.91 Å². The van der Waals surface area contributed by atoms with Crippen LogP contribution in [0.5, 0.6) is 5.75 Å². The number of amides is 1. The van der Waals surface area contributed by atoms with Crippen molar-refractivity contribution in [2.24, 2.45) is 11.1 Å². The maximum Gasteiger partial charge on any atom is 0.254 e. The van der Waals surface area contributed by atoms with Gasteiger partial charge in [0, 0.05) is 18.7 Å². The van der Waals surface area contributed by atoms with Gasteiger partial charge in [0.05, 0.1) is 29.4 Å². The van der Waals surface area contributed by atoms with Gasteiger partial charge in [0.15, 0.2) is 11.9 Å². The second kappa shape index (κ2) is 10.2. The molecule has 0 bridgehead atoms. The number of rotatable bonds is 7. The maximum absolute atomic E-state index is 13.1. The molecule has 2 aliphatic heterocycles. The molecular weight excluding hydrogens is 464 g/mol. The van der Waals surface area contributed by atoms with Gasteiger partial charge in [-0.25, -0.2) is 4.21 Å². The summed E-state index contributed by atoms with van der Waals surface area (Å²) in [6.45, 7) is 9.18. The standard InChI is InChI=1S/C27H38N2O5S/c1-26(2,35(28)31)16-21(24-20-9-7-6-8-18(20)10-11-22(24)32-5)19-12-14-29(15-13-19)25(30)23-17-33-27(3,4)34-23/h6-11,19,21,23H,12-17,28H2,1-5H3/t21-,23-,35?/m1/s1. The van der Waals surface area contributed by atoms with Crippen molar-refractivity contribution < 1.29 is 23.2 Å². The largest absolute Gasteiger partial charge is 0.496 e. The smallest absolute Gasteiger partial charge is 0.254 e. The molecule has 1 amide bonds. The average molecular weight is 503 g/mol. The van der Waals surface area contributed by atoms with E-state index < -0.39 is 27.6 Å². The van der Waals surface area contributed by atoms with Crippen LogP contribution in [-0.4, -0.2) is 58.5 Å². The third-order valence-electron chi connectivity index (χ3n) is 7.48. The lowest BCUT2D eigenvalue weighted by atomic mass is 9.74. The second-order valence-electron chi connectivity index (χ2n) is 10.8. The number of carbonyl (C=O) groups is 1. The third-order valence-corrected chi connectivity index (χ3v) is 8.74. The van der Waals surface area contributed by atoms with Crippen LogP contribution in [0, 0.1) is 5.92 Å². The van der Waals surface area contributed by atoms with Crippen molar-refractivity contribution in [3.05, 3.63) is 42.0 Å². The summed E-state index contributed by atoms with van der Waals surface area (Å²) < 4.78 is 29.1. The highest BCUT2D eigenvalue weighted by Crippen LogP contribution is 2.46. The topological polar surface area (TPSA) is 91.1 Å². The van der Waals surface area contributed by atoms with E-state index in [9.17, 15) is 9.00 Å². The summed E-state index contributed by atoms with van der Waals surface area (Å²) in [6, 6.07) is 12.4. The number of methoxy groups -OCH3 is 1. The number of piperidine rings is 1. The third kappa shape index (κ3) is 5.56. The molecule has 2 heterocycles. The fourth-order valence-corrected chi connectivity index (χ4v) is 5.83. The molecule has 0 aromatic heterocycles. The van der Waals surface area contributed by atoms with E-state index in [1.165, 1.54) is 0 Å². The molecule has 35 heavy (non-hydrogen) atoms. The minimum Gasteiger partial charge on any atom is -0.496 e. The Morgan fingerprint density at radius 1 is 1.23 bits per heavy atom. The Bertz CT molecular complexity index is 1090. The highest BCUT2D eigenvalue weighted by Gasteiger charge is 2.41. The Hall–Kier alpha value is -2.00. The van der Waals surface area contributed by atoms with E-state index in [1.807, 2.05) is 50.8 Å². The van der Waals surface area contributed by atoms with Crippen molar-refractivity contribution in [2.75, 3.05) is 26.8 Å². The Balaban J connectivity index is 1.62. The number of carbonyl (C=O) groups excluding carboxylic acids is 1. The minimum atomic E-state index is -1.48. The molecule has 0 aliphatic carbocycles. The Morgan fingerprint density at radius 3 is 2.51 bits per heavy atom. The highest BCUT2D eigenvalue weighted by molar-refractivity contribution is 7.84. The van der Waals surface area contributed by atoms with Gasteiger partial charge in [-0.05, 0) is 75.6 Å². The lowest BCUT2D eigenvalue weighted by Gasteiger charge is -2.40. The first-order valence-corrected chi connectivity index (χ1v) is 13.6. The van der Waals surface area contributed by atoms with Crippen molar-refractivity contribution in [1.82, 2.24) is 4.90 Å². The van der Waals surface area contributed by atoms with Gasteiger partial charge in [-0.1, -0.05) is 30.3 Å². The summed E-state index contributed by atoms with van der Waals surface area (Å²) in [6.07, 6.45) is 1.79. The number of ether oxygens (including phenoxy) is 3. The zero-order chi connectivity index (χ0) is 25.4. The molecule has 4 rings (SSSR count). The number of nitrogens with zero attached hydrogens (tertiary/aromatic N) is 1. The van der Waals surface area contributed by atoms with E-state index in [2.05, 4.69) is 18.2 Å². The predicted molar refractivity (Wildman–Crippen MR) is 138 cm³/mol. The van der Waals surface area contributed by atoms with E-state index in [0.717, 1.165) is 34.9 Å². The molecule has 7 nitrogen and oxygen atoms in total. The highest BCUT2D eigenvalue weighted by atomic mass is 32.2. The zero-order valence-corrected chi connectivity index (χ0v) is 22.2. The fraction of sp³-hybridized carbons (Fsp3) is 0.593. The second-order valence-corrected chi connectivity index (χ2v) is 12.5. The first kappa shape index (κ1) is 26.1. The Labute approximate surface area is 210 Å². The van der Waals surface area contributed by atoms with Crippen molar-refractivity contribution in [3.8, 4) is 5.75 Å². The van der Waals surface area contributed by atoms with Crippen LogP contribution in [0.25, 0.3) is 10.8 Å². The van der Waals surface area contributed by atoms with Crippen molar-refractivity contribution in [2.45, 2.75) is 69.5 Å². The number of hydrogen-bond acceptors (Lipinski definition) is 5. The van der Waals surface area contributed by atoms with Crippen LogP contribution in [0.4, 0.5) is 0 Å². The number of hydrogen-bond donors (Lipinski definition) is 1. The molecule has 0 spiro atoms. The van der Waals surface area contributed by atoms with E-state index in [1.54, 1.807) is 7.11 Å². The fourth-order valence-electron chi connectivity index (χ4n) is 5.49. The molecule has 2 saturated heterocycles. The van der Waals surface area contributed by atoms with E-state index in [-0.39, 0.29) is 18.4 Å². The normalized spacial score (nSPS) is 22.8. The SMILES string of the molecule is COc1ccc2ccccc2c1[C@H](CC(C)(C)S(N)=O)C1CCN(C(=O)[C@H]2COC(C)(C)O2)CC1. The van der Waals surface area contributed by atoms with Gasteiger partial charge < -0.3 is 19.1 Å². The molecule has 2 N–H and O–H groups in total. The van der Waals surface area contributed by atoms with Crippen LogP contribution in [-0.2, 0) is 25.3 Å². The first-order chi connectivity index (χ1) is 16.5. The average Bonchev–Trinajstić information content (AvgIpc) is 3.21. The molecule has 0 saturated carbocycles. The van der Waals surface area contributed by atoms with Crippen molar-refractivity contribution in [3.63, 3.8) is 0 Å². The molecule has 0 radical (unpaired) electrons. The lowest BCUT2D eigenvalue weighted by molar-refractivity contribution is -0.161. The van der Waals surface area contributed by atoms with Crippen molar-refractivity contribution in [1.29, 1.82) is 0 Å². The number of nitrogens with two attached hydrogens (primary N) is 1. The molecular formula is C27H38N2O5S. The van der Waals surface area contributed by atoms with Gasteiger partial charge in [-0.15, -0.1) is 0 Å². The summed E-state index contributed by atoms with van der Waals surface area (Å²) in [4.78, 5) is 15.0. The summed E-state index contributed by atoms with van der Waals surface area (Å²) in [5.41, 5.74) is 1.14. The summed E-state index contributed by atoms with van der Waals surface area (Å²) in [5.74, 6) is 0.485. The lowest BCUT2D eigenvalue weighted by Crippen LogP contribution is -2.46. The van der Waals surface area contributed by atoms with E-state index in [0.29, 0.717) is 25.4 Å². The molecule has 2 aliphatic rings. The van der Waals surface area contributed by atoms with E-state index in [4.69, 9.17) is 19.3 Å². The molecule has 8 heteroatoms.